The summed E-state index contributed by atoms with van der Waals surface area (Å²) in [5.41, 5.74) is 0.938. The van der Waals surface area contributed by atoms with Crippen molar-refractivity contribution < 1.29 is 17.9 Å². The number of halogens is 1. The number of rotatable bonds is 8. The van der Waals surface area contributed by atoms with Crippen LogP contribution in [0.2, 0.25) is 0 Å². The van der Waals surface area contributed by atoms with Gasteiger partial charge in [0.25, 0.3) is 0 Å². The number of alkyl halides is 1. The third-order valence-electron chi connectivity index (χ3n) is 2.40. The molecule has 1 aromatic rings. The van der Waals surface area contributed by atoms with E-state index in [0.29, 0.717) is 6.42 Å². The van der Waals surface area contributed by atoms with E-state index in [1.807, 2.05) is 30.3 Å². The smallest absolute Gasteiger partial charge is 0.211 e. The third-order valence-corrected chi connectivity index (χ3v) is 3.83. The average molecular weight is 275 g/mol. The minimum atomic E-state index is -3.48. The van der Waals surface area contributed by atoms with Crippen molar-refractivity contribution in [2.45, 2.75) is 18.9 Å². The van der Waals surface area contributed by atoms with E-state index in [1.165, 1.54) is 0 Å². The molecule has 18 heavy (non-hydrogen) atoms. The van der Waals surface area contributed by atoms with E-state index >= 15 is 0 Å². The molecule has 4 nitrogen and oxygen atoms in total. The normalized spacial score (nSPS) is 13.4. The van der Waals surface area contributed by atoms with Gasteiger partial charge in [-0.15, -0.1) is 0 Å². The van der Waals surface area contributed by atoms with Gasteiger partial charge in [0.05, 0.1) is 18.5 Å². The Labute approximate surface area is 107 Å². The molecule has 1 unspecified atom stereocenters. The molecule has 0 heterocycles. The monoisotopic (exact) mass is 275 g/mol. The summed E-state index contributed by atoms with van der Waals surface area (Å²) < 4.78 is 36.9. The number of aliphatic hydroxyl groups is 1. The molecule has 0 aliphatic carbocycles. The highest BCUT2D eigenvalue weighted by Crippen LogP contribution is 2.02. The first kappa shape index (κ1) is 15.1. The van der Waals surface area contributed by atoms with E-state index < -0.39 is 22.8 Å². The summed E-state index contributed by atoms with van der Waals surface area (Å²) in [6, 6.07) is 9.30. The van der Waals surface area contributed by atoms with Crippen molar-refractivity contribution in [3.63, 3.8) is 0 Å². The van der Waals surface area contributed by atoms with Gasteiger partial charge in [-0.2, -0.15) is 0 Å². The Morgan fingerprint density at radius 2 is 1.94 bits per heavy atom. The molecular weight excluding hydrogens is 257 g/mol. The summed E-state index contributed by atoms with van der Waals surface area (Å²) in [6.07, 6.45) is -0.427. The second-order valence-corrected chi connectivity index (χ2v) is 5.98. The van der Waals surface area contributed by atoms with E-state index in [1.54, 1.807) is 0 Å². The fraction of sp³-hybridized carbons (Fsp3) is 0.500. The molecule has 0 amide bonds. The van der Waals surface area contributed by atoms with Crippen LogP contribution >= 0.6 is 0 Å². The second kappa shape index (κ2) is 7.45. The van der Waals surface area contributed by atoms with Crippen LogP contribution in [0.3, 0.4) is 0 Å². The molecule has 0 saturated carbocycles. The van der Waals surface area contributed by atoms with Gasteiger partial charge < -0.3 is 5.11 Å². The molecule has 0 spiro atoms. The van der Waals surface area contributed by atoms with Crippen LogP contribution in [0.25, 0.3) is 0 Å². The zero-order chi connectivity index (χ0) is 13.4. The molecule has 0 aliphatic rings. The molecule has 0 aliphatic heterocycles. The zero-order valence-corrected chi connectivity index (χ0v) is 10.9. The van der Waals surface area contributed by atoms with Gasteiger partial charge in [0.2, 0.25) is 10.0 Å². The van der Waals surface area contributed by atoms with E-state index in [0.717, 1.165) is 5.56 Å². The Bertz CT molecular complexity index is 436. The lowest BCUT2D eigenvalue weighted by molar-refractivity contribution is 0.179. The van der Waals surface area contributed by atoms with Crippen molar-refractivity contribution in [3.8, 4) is 0 Å². The van der Waals surface area contributed by atoms with E-state index in [4.69, 9.17) is 0 Å². The highest BCUT2D eigenvalue weighted by molar-refractivity contribution is 7.89. The molecule has 1 rings (SSSR count). The topological polar surface area (TPSA) is 66.4 Å². The van der Waals surface area contributed by atoms with Crippen LogP contribution in [0.4, 0.5) is 4.39 Å². The van der Waals surface area contributed by atoms with Crippen LogP contribution in [0, 0.1) is 0 Å². The van der Waals surface area contributed by atoms with Crippen molar-refractivity contribution in [3.05, 3.63) is 35.9 Å². The standard InChI is InChI=1S/C12H18FNO3S/c13-7-4-8-18(16,17)14-10-12(15)9-11-5-2-1-3-6-11/h1-3,5-6,12,14-15H,4,7-10H2. The Kier molecular flexibility index (Phi) is 6.24. The maximum atomic E-state index is 11.9. The zero-order valence-electron chi connectivity index (χ0n) is 10.0. The van der Waals surface area contributed by atoms with Crippen molar-refractivity contribution in [2.75, 3.05) is 19.0 Å². The number of hydrogen-bond acceptors (Lipinski definition) is 3. The fourth-order valence-electron chi connectivity index (χ4n) is 1.50. The van der Waals surface area contributed by atoms with E-state index in [2.05, 4.69) is 4.72 Å². The summed E-state index contributed by atoms with van der Waals surface area (Å²) in [4.78, 5) is 0. The first-order chi connectivity index (χ1) is 8.53. The van der Waals surface area contributed by atoms with Crippen LogP contribution in [0.1, 0.15) is 12.0 Å². The van der Waals surface area contributed by atoms with Crippen molar-refractivity contribution in [1.29, 1.82) is 0 Å². The number of benzene rings is 1. The van der Waals surface area contributed by atoms with Gasteiger partial charge in [-0.05, 0) is 18.4 Å². The Balaban J connectivity index is 2.35. The lowest BCUT2D eigenvalue weighted by Crippen LogP contribution is -2.34. The number of sulfonamides is 1. The molecular formula is C12H18FNO3S. The van der Waals surface area contributed by atoms with Gasteiger partial charge in [0.1, 0.15) is 0 Å². The van der Waals surface area contributed by atoms with E-state index in [-0.39, 0.29) is 18.7 Å². The van der Waals surface area contributed by atoms with E-state index in [9.17, 15) is 17.9 Å². The average Bonchev–Trinajstić information content (AvgIpc) is 2.36. The van der Waals surface area contributed by atoms with Gasteiger partial charge >= 0.3 is 0 Å². The maximum Gasteiger partial charge on any atom is 0.211 e. The summed E-state index contributed by atoms with van der Waals surface area (Å²) >= 11 is 0. The van der Waals surface area contributed by atoms with Gasteiger partial charge in [-0.3, -0.25) is 4.39 Å². The maximum absolute atomic E-state index is 11.9. The van der Waals surface area contributed by atoms with Crippen molar-refractivity contribution >= 4 is 10.0 Å². The first-order valence-electron chi connectivity index (χ1n) is 5.79. The Morgan fingerprint density at radius 1 is 1.28 bits per heavy atom. The minimum Gasteiger partial charge on any atom is -0.391 e. The predicted molar refractivity (Wildman–Crippen MR) is 68.5 cm³/mol. The highest BCUT2D eigenvalue weighted by Gasteiger charge is 2.12. The molecule has 102 valence electrons. The molecule has 0 bridgehead atoms. The van der Waals surface area contributed by atoms with Crippen LogP contribution in [0.5, 0.6) is 0 Å². The quantitative estimate of drug-likeness (QED) is 0.740. The Morgan fingerprint density at radius 3 is 2.56 bits per heavy atom. The van der Waals surface area contributed by atoms with Crippen molar-refractivity contribution in [1.82, 2.24) is 4.72 Å². The summed E-state index contributed by atoms with van der Waals surface area (Å²) in [5.74, 6) is -0.248. The number of nitrogens with one attached hydrogen (secondary N) is 1. The highest BCUT2D eigenvalue weighted by atomic mass is 32.2. The molecule has 0 radical (unpaired) electrons. The lowest BCUT2D eigenvalue weighted by Gasteiger charge is -2.12. The molecule has 0 aromatic heterocycles. The lowest BCUT2D eigenvalue weighted by atomic mass is 10.1. The van der Waals surface area contributed by atoms with Gasteiger partial charge in [0, 0.05) is 6.54 Å². The van der Waals surface area contributed by atoms with Crippen LogP contribution < -0.4 is 4.72 Å². The second-order valence-electron chi connectivity index (χ2n) is 4.05. The largest absolute Gasteiger partial charge is 0.391 e. The summed E-state index contributed by atoms with van der Waals surface area (Å²) in [6.45, 7) is -0.711. The molecule has 0 fully saturated rings. The summed E-state index contributed by atoms with van der Waals surface area (Å²) in [7, 11) is -3.48. The fourth-order valence-corrected chi connectivity index (χ4v) is 2.58. The minimum absolute atomic E-state index is 0.0237. The SMILES string of the molecule is O=S(=O)(CCCF)NCC(O)Cc1ccccc1. The summed E-state index contributed by atoms with van der Waals surface area (Å²) in [5, 5.41) is 9.69. The molecule has 1 atom stereocenters. The molecule has 0 saturated heterocycles. The molecule has 1 aromatic carbocycles. The predicted octanol–water partition coefficient (Wildman–Crippen LogP) is 0.869. The third kappa shape index (κ3) is 6.09. The van der Waals surface area contributed by atoms with Crippen LogP contribution in [-0.4, -0.2) is 38.6 Å². The van der Waals surface area contributed by atoms with Crippen LogP contribution in [-0.2, 0) is 16.4 Å². The first-order valence-corrected chi connectivity index (χ1v) is 7.44. The molecule has 2 N–H and O–H groups in total. The van der Waals surface area contributed by atoms with Gasteiger partial charge in [-0.25, -0.2) is 13.1 Å². The van der Waals surface area contributed by atoms with Gasteiger partial charge in [0.15, 0.2) is 0 Å². The molecule has 6 heteroatoms. The van der Waals surface area contributed by atoms with Gasteiger partial charge in [-0.1, -0.05) is 30.3 Å². The van der Waals surface area contributed by atoms with Crippen molar-refractivity contribution in [2.24, 2.45) is 0 Å². The number of hydrogen-bond donors (Lipinski definition) is 2. The Hall–Kier alpha value is -0.980. The van der Waals surface area contributed by atoms with Crippen LogP contribution in [0.15, 0.2) is 30.3 Å². The number of aliphatic hydroxyl groups excluding tert-OH is 1.